The van der Waals surface area contributed by atoms with Gasteiger partial charge in [0.25, 0.3) is 0 Å². The van der Waals surface area contributed by atoms with Crippen LogP contribution in [0, 0.1) is 0 Å². The highest BCUT2D eigenvalue weighted by Crippen LogP contribution is 2.19. The highest BCUT2D eigenvalue weighted by atomic mass is 16.4. The zero-order chi connectivity index (χ0) is 12.4. The van der Waals surface area contributed by atoms with E-state index in [2.05, 4.69) is 4.98 Å². The Hall–Kier alpha value is -1.79. The van der Waals surface area contributed by atoms with E-state index < -0.39 is 11.9 Å². The first-order chi connectivity index (χ1) is 8.10. The van der Waals surface area contributed by atoms with Crippen LogP contribution in [0.5, 0.6) is 0 Å². The molecule has 1 aromatic carbocycles. The van der Waals surface area contributed by atoms with Crippen LogP contribution < -0.4 is 10.7 Å². The molecule has 0 amide bonds. The van der Waals surface area contributed by atoms with Gasteiger partial charge >= 0.3 is 5.76 Å². The fourth-order valence-electron chi connectivity index (χ4n) is 1.65. The zero-order valence-electron chi connectivity index (χ0n) is 9.38. The van der Waals surface area contributed by atoms with Crippen LogP contribution in [0.25, 0.3) is 11.1 Å². The van der Waals surface area contributed by atoms with Crippen molar-refractivity contribution < 1.29 is 14.6 Å². The van der Waals surface area contributed by atoms with E-state index in [1.165, 1.54) is 0 Å². The Kier molecular flexibility index (Phi) is 3.16. The summed E-state index contributed by atoms with van der Waals surface area (Å²) in [5.41, 5.74) is 1.90. The Morgan fingerprint density at radius 1 is 1.53 bits per heavy atom. The third kappa shape index (κ3) is 2.48. The lowest BCUT2D eigenvalue weighted by Gasteiger charge is -2.21. The van der Waals surface area contributed by atoms with Gasteiger partial charge in [0.1, 0.15) is 0 Å². The molecule has 6 heteroatoms. The van der Waals surface area contributed by atoms with E-state index in [0.29, 0.717) is 17.6 Å². The fourth-order valence-corrected chi connectivity index (χ4v) is 1.65. The van der Waals surface area contributed by atoms with Gasteiger partial charge in [-0.3, -0.25) is 4.98 Å². The number of aliphatic hydroxyl groups excluding tert-OH is 2. The first-order valence-corrected chi connectivity index (χ1v) is 5.23. The number of benzene rings is 1. The SMILES string of the molecule is CN(CC(O)CO)c1ccc2[nH]c(=O)oc2c1. The molecule has 1 heterocycles. The van der Waals surface area contributed by atoms with E-state index in [-0.39, 0.29) is 6.61 Å². The van der Waals surface area contributed by atoms with Gasteiger partial charge in [-0.15, -0.1) is 0 Å². The normalized spacial score (nSPS) is 12.9. The molecule has 0 saturated carbocycles. The van der Waals surface area contributed by atoms with Crippen molar-refractivity contribution in [3.8, 4) is 0 Å². The Labute approximate surface area is 97.1 Å². The summed E-state index contributed by atoms with van der Waals surface area (Å²) in [6.07, 6.45) is -0.797. The Balaban J connectivity index is 2.26. The first-order valence-electron chi connectivity index (χ1n) is 5.23. The second-order valence-electron chi connectivity index (χ2n) is 3.91. The Morgan fingerprint density at radius 3 is 3.00 bits per heavy atom. The summed E-state index contributed by atoms with van der Waals surface area (Å²) < 4.78 is 4.94. The van der Waals surface area contributed by atoms with Gasteiger partial charge in [0.2, 0.25) is 0 Å². The van der Waals surface area contributed by atoms with Crippen molar-refractivity contribution >= 4 is 16.8 Å². The maximum atomic E-state index is 11.0. The highest BCUT2D eigenvalue weighted by molar-refractivity contribution is 5.76. The van der Waals surface area contributed by atoms with Gasteiger partial charge in [-0.05, 0) is 12.1 Å². The van der Waals surface area contributed by atoms with Crippen LogP contribution in [0.15, 0.2) is 27.4 Å². The molecular formula is C11H14N2O4. The minimum atomic E-state index is -0.797. The number of anilines is 1. The van der Waals surface area contributed by atoms with Crippen LogP contribution in [0.2, 0.25) is 0 Å². The van der Waals surface area contributed by atoms with Crippen LogP contribution in [0.4, 0.5) is 5.69 Å². The Bertz CT molecular complexity index is 560. The molecule has 0 aliphatic heterocycles. The minimum absolute atomic E-state index is 0.286. The molecule has 0 aliphatic rings. The molecule has 0 bridgehead atoms. The quantitative estimate of drug-likeness (QED) is 0.692. The second kappa shape index (κ2) is 4.60. The van der Waals surface area contributed by atoms with Crippen molar-refractivity contribution in [1.82, 2.24) is 4.98 Å². The maximum absolute atomic E-state index is 11.0. The van der Waals surface area contributed by atoms with Crippen LogP contribution in [-0.2, 0) is 0 Å². The summed E-state index contributed by atoms with van der Waals surface area (Å²) in [4.78, 5) is 15.3. The van der Waals surface area contributed by atoms with Crippen LogP contribution >= 0.6 is 0 Å². The number of rotatable bonds is 4. The summed E-state index contributed by atoms with van der Waals surface area (Å²) in [6, 6.07) is 5.24. The average molecular weight is 238 g/mol. The number of nitrogens with one attached hydrogen (secondary N) is 1. The van der Waals surface area contributed by atoms with E-state index in [0.717, 1.165) is 5.69 Å². The number of H-pyrrole nitrogens is 1. The number of oxazole rings is 1. The minimum Gasteiger partial charge on any atom is -0.408 e. The van der Waals surface area contributed by atoms with Gasteiger partial charge in [0.05, 0.1) is 18.2 Å². The van der Waals surface area contributed by atoms with Gasteiger partial charge in [-0.1, -0.05) is 0 Å². The van der Waals surface area contributed by atoms with Crippen molar-refractivity contribution in [1.29, 1.82) is 0 Å². The third-order valence-corrected chi connectivity index (χ3v) is 2.54. The topological polar surface area (TPSA) is 89.7 Å². The molecule has 1 aromatic heterocycles. The third-order valence-electron chi connectivity index (χ3n) is 2.54. The van der Waals surface area contributed by atoms with E-state index in [4.69, 9.17) is 9.52 Å². The summed E-state index contributed by atoms with van der Waals surface area (Å²) >= 11 is 0. The smallest absolute Gasteiger partial charge is 0.408 e. The molecule has 0 radical (unpaired) electrons. The number of hydrogen-bond donors (Lipinski definition) is 3. The summed E-state index contributed by atoms with van der Waals surface area (Å²) in [5, 5.41) is 18.1. The molecule has 2 aromatic rings. The molecule has 0 saturated heterocycles. The predicted molar refractivity (Wildman–Crippen MR) is 63.2 cm³/mol. The van der Waals surface area contributed by atoms with Crippen LogP contribution in [0.1, 0.15) is 0 Å². The lowest BCUT2D eigenvalue weighted by atomic mass is 10.2. The number of aromatic nitrogens is 1. The molecule has 17 heavy (non-hydrogen) atoms. The molecule has 0 spiro atoms. The largest absolute Gasteiger partial charge is 0.417 e. The number of aliphatic hydroxyl groups is 2. The number of hydrogen-bond acceptors (Lipinski definition) is 5. The maximum Gasteiger partial charge on any atom is 0.417 e. The monoisotopic (exact) mass is 238 g/mol. The molecule has 1 atom stereocenters. The predicted octanol–water partition coefficient (Wildman–Crippen LogP) is -0.0895. The molecule has 3 N–H and O–H groups in total. The molecular weight excluding hydrogens is 224 g/mol. The number of fused-ring (bicyclic) bond motifs is 1. The second-order valence-corrected chi connectivity index (χ2v) is 3.91. The molecule has 1 unspecified atom stereocenters. The van der Waals surface area contributed by atoms with Crippen LogP contribution in [0.3, 0.4) is 0 Å². The summed E-state index contributed by atoms with van der Waals surface area (Å²) in [6.45, 7) is 0.0164. The summed E-state index contributed by atoms with van der Waals surface area (Å²) in [5.74, 6) is -0.491. The van der Waals surface area contributed by atoms with E-state index >= 15 is 0 Å². The number of aromatic amines is 1. The van der Waals surface area contributed by atoms with Gasteiger partial charge in [0.15, 0.2) is 5.58 Å². The Morgan fingerprint density at radius 2 is 2.29 bits per heavy atom. The fraction of sp³-hybridized carbons (Fsp3) is 0.364. The van der Waals surface area contributed by atoms with Crippen molar-refractivity contribution in [2.75, 3.05) is 25.1 Å². The van der Waals surface area contributed by atoms with Gasteiger partial charge < -0.3 is 19.5 Å². The lowest BCUT2D eigenvalue weighted by molar-refractivity contribution is 0.101. The lowest BCUT2D eigenvalue weighted by Crippen LogP contribution is -2.31. The summed E-state index contributed by atoms with van der Waals surface area (Å²) in [7, 11) is 1.78. The van der Waals surface area contributed by atoms with Crippen molar-refractivity contribution in [2.24, 2.45) is 0 Å². The van der Waals surface area contributed by atoms with Gasteiger partial charge in [-0.25, -0.2) is 4.79 Å². The zero-order valence-corrected chi connectivity index (χ0v) is 9.38. The van der Waals surface area contributed by atoms with E-state index in [1.54, 1.807) is 30.1 Å². The van der Waals surface area contributed by atoms with Gasteiger partial charge in [0, 0.05) is 25.3 Å². The first kappa shape index (κ1) is 11.7. The van der Waals surface area contributed by atoms with Crippen molar-refractivity contribution in [3.05, 3.63) is 28.7 Å². The van der Waals surface area contributed by atoms with E-state index in [9.17, 15) is 9.90 Å². The molecule has 6 nitrogen and oxygen atoms in total. The van der Waals surface area contributed by atoms with E-state index in [1.807, 2.05) is 0 Å². The molecule has 0 aliphatic carbocycles. The molecule has 0 fully saturated rings. The van der Waals surface area contributed by atoms with Crippen LogP contribution in [-0.4, -0.2) is 41.5 Å². The van der Waals surface area contributed by atoms with Crippen molar-refractivity contribution in [3.63, 3.8) is 0 Å². The molecule has 2 rings (SSSR count). The standard InChI is InChI=1S/C11H14N2O4/c1-13(5-8(15)6-14)7-2-3-9-10(4-7)17-11(16)12-9/h2-4,8,14-15H,5-6H2,1H3,(H,12,16). The number of likely N-dealkylation sites (N-methyl/N-ethyl adjacent to an activating group) is 1. The highest BCUT2D eigenvalue weighted by Gasteiger charge is 2.09. The average Bonchev–Trinajstić information content (AvgIpc) is 2.67. The number of nitrogens with zero attached hydrogens (tertiary/aromatic N) is 1. The van der Waals surface area contributed by atoms with Crippen molar-refractivity contribution in [2.45, 2.75) is 6.10 Å². The molecule has 92 valence electrons. The van der Waals surface area contributed by atoms with Gasteiger partial charge in [-0.2, -0.15) is 0 Å².